The van der Waals surface area contributed by atoms with Gasteiger partial charge in [0.25, 0.3) is 0 Å². The van der Waals surface area contributed by atoms with Crippen LogP contribution in [0.15, 0.2) is 24.3 Å². The molecule has 0 bridgehead atoms. The Bertz CT molecular complexity index is 579. The lowest BCUT2D eigenvalue weighted by atomic mass is 10.1. The molecule has 1 aromatic rings. The van der Waals surface area contributed by atoms with Crippen LogP contribution < -0.4 is 5.32 Å². The topological polar surface area (TPSA) is 66.4 Å². The number of carbonyl (C=O) groups excluding carboxylic acids is 1. The molecule has 0 aliphatic heterocycles. The monoisotopic (exact) mass is 273 g/mol. The standard InChI is InChI=1S/C16H19NO3/c1-16(2)12(13(16)15(19)20)14(18)17-11-8-7-9-5-3-4-6-10(9)11/h3-6,11-13H,7-8H2,1-2H3,(H,17,18)(H,19,20)/t11?,12-,13+/m1/s1. The van der Waals surface area contributed by atoms with Gasteiger partial charge in [-0.3, -0.25) is 9.59 Å². The number of aliphatic carboxylic acids is 1. The van der Waals surface area contributed by atoms with Crippen molar-refractivity contribution < 1.29 is 14.7 Å². The number of hydrogen-bond donors (Lipinski definition) is 2. The second-order valence-corrected chi connectivity index (χ2v) is 6.41. The summed E-state index contributed by atoms with van der Waals surface area (Å²) in [5.74, 6) is -1.96. The molecule has 2 aliphatic carbocycles. The quantitative estimate of drug-likeness (QED) is 0.886. The number of amides is 1. The predicted molar refractivity (Wildman–Crippen MR) is 74.0 cm³/mol. The lowest BCUT2D eigenvalue weighted by Crippen LogP contribution is -2.30. The van der Waals surface area contributed by atoms with Crippen LogP contribution in [0.3, 0.4) is 0 Å². The third-order valence-corrected chi connectivity index (χ3v) is 4.83. The molecule has 1 fully saturated rings. The van der Waals surface area contributed by atoms with Gasteiger partial charge in [0, 0.05) is 0 Å². The van der Waals surface area contributed by atoms with Gasteiger partial charge in [-0.05, 0) is 29.4 Å². The van der Waals surface area contributed by atoms with Gasteiger partial charge in [0.2, 0.25) is 5.91 Å². The Morgan fingerprint density at radius 3 is 2.60 bits per heavy atom. The summed E-state index contributed by atoms with van der Waals surface area (Å²) in [6.07, 6.45) is 1.87. The SMILES string of the molecule is CC1(C)[C@H](C(=O)O)[C@@H]1C(=O)NC1CCc2ccccc21. The van der Waals surface area contributed by atoms with Crippen LogP contribution in [0.2, 0.25) is 0 Å². The van der Waals surface area contributed by atoms with Crippen molar-refractivity contribution in [1.29, 1.82) is 0 Å². The molecule has 0 heterocycles. The van der Waals surface area contributed by atoms with Crippen molar-refractivity contribution >= 4 is 11.9 Å². The average Bonchev–Trinajstić information content (AvgIpc) is 2.77. The maximum atomic E-state index is 12.3. The van der Waals surface area contributed by atoms with Gasteiger partial charge in [-0.15, -0.1) is 0 Å². The zero-order valence-corrected chi connectivity index (χ0v) is 11.7. The molecule has 4 heteroatoms. The van der Waals surface area contributed by atoms with Crippen molar-refractivity contribution in [3.63, 3.8) is 0 Å². The van der Waals surface area contributed by atoms with Crippen LogP contribution in [0.1, 0.15) is 37.4 Å². The van der Waals surface area contributed by atoms with E-state index in [-0.39, 0.29) is 11.9 Å². The highest BCUT2D eigenvalue weighted by Gasteiger charge is 2.66. The molecule has 1 saturated carbocycles. The van der Waals surface area contributed by atoms with Gasteiger partial charge in [-0.1, -0.05) is 38.1 Å². The summed E-state index contributed by atoms with van der Waals surface area (Å²) < 4.78 is 0. The second-order valence-electron chi connectivity index (χ2n) is 6.41. The zero-order valence-electron chi connectivity index (χ0n) is 11.7. The first-order chi connectivity index (χ1) is 9.43. The number of benzene rings is 1. The fourth-order valence-electron chi connectivity index (χ4n) is 3.56. The molecule has 1 unspecified atom stereocenters. The van der Waals surface area contributed by atoms with Crippen molar-refractivity contribution in [2.45, 2.75) is 32.7 Å². The summed E-state index contributed by atoms with van der Waals surface area (Å²) in [7, 11) is 0. The fraction of sp³-hybridized carbons (Fsp3) is 0.500. The van der Waals surface area contributed by atoms with Crippen LogP contribution in [0.25, 0.3) is 0 Å². The Balaban J connectivity index is 1.72. The smallest absolute Gasteiger partial charge is 0.307 e. The lowest BCUT2D eigenvalue weighted by Gasteiger charge is -2.14. The van der Waals surface area contributed by atoms with Crippen LogP contribution >= 0.6 is 0 Å². The van der Waals surface area contributed by atoms with E-state index in [2.05, 4.69) is 11.4 Å². The minimum Gasteiger partial charge on any atom is -0.481 e. The van der Waals surface area contributed by atoms with Crippen molar-refractivity contribution in [3.05, 3.63) is 35.4 Å². The fourth-order valence-corrected chi connectivity index (χ4v) is 3.56. The molecule has 4 nitrogen and oxygen atoms in total. The molecule has 3 rings (SSSR count). The molecule has 20 heavy (non-hydrogen) atoms. The summed E-state index contributed by atoms with van der Waals surface area (Å²) in [4.78, 5) is 23.5. The molecule has 1 aromatic carbocycles. The Kier molecular flexibility index (Phi) is 2.85. The molecule has 0 radical (unpaired) electrons. The highest BCUT2D eigenvalue weighted by atomic mass is 16.4. The largest absolute Gasteiger partial charge is 0.481 e. The van der Waals surface area contributed by atoms with E-state index >= 15 is 0 Å². The van der Waals surface area contributed by atoms with Gasteiger partial charge >= 0.3 is 5.97 Å². The van der Waals surface area contributed by atoms with E-state index < -0.39 is 23.2 Å². The van der Waals surface area contributed by atoms with Gasteiger partial charge in [0.15, 0.2) is 0 Å². The van der Waals surface area contributed by atoms with Crippen LogP contribution in [-0.4, -0.2) is 17.0 Å². The van der Waals surface area contributed by atoms with Crippen LogP contribution in [0.5, 0.6) is 0 Å². The van der Waals surface area contributed by atoms with E-state index in [1.54, 1.807) is 0 Å². The minimum absolute atomic E-state index is 0.0320. The summed E-state index contributed by atoms with van der Waals surface area (Å²) in [5.41, 5.74) is 2.02. The van der Waals surface area contributed by atoms with Crippen LogP contribution in [-0.2, 0) is 16.0 Å². The summed E-state index contributed by atoms with van der Waals surface area (Å²) in [6.45, 7) is 3.69. The molecule has 0 spiro atoms. The maximum Gasteiger partial charge on any atom is 0.307 e. The number of aryl methyl sites for hydroxylation is 1. The maximum absolute atomic E-state index is 12.3. The number of carbonyl (C=O) groups is 2. The third-order valence-electron chi connectivity index (χ3n) is 4.83. The first-order valence-corrected chi connectivity index (χ1v) is 7.04. The van der Waals surface area contributed by atoms with E-state index in [0.29, 0.717) is 0 Å². The first kappa shape index (κ1) is 13.2. The van der Waals surface area contributed by atoms with Gasteiger partial charge < -0.3 is 10.4 Å². The molecular formula is C16H19NO3. The number of rotatable bonds is 3. The summed E-state index contributed by atoms with van der Waals surface area (Å²) in [5, 5.41) is 12.2. The number of fused-ring (bicyclic) bond motifs is 1. The Morgan fingerprint density at radius 1 is 1.25 bits per heavy atom. The van der Waals surface area contributed by atoms with E-state index in [4.69, 9.17) is 5.11 Å². The summed E-state index contributed by atoms with van der Waals surface area (Å²) in [6, 6.07) is 8.14. The zero-order chi connectivity index (χ0) is 14.5. The number of nitrogens with one attached hydrogen (secondary N) is 1. The first-order valence-electron chi connectivity index (χ1n) is 7.04. The van der Waals surface area contributed by atoms with Crippen molar-refractivity contribution in [2.75, 3.05) is 0 Å². The van der Waals surface area contributed by atoms with E-state index in [1.165, 1.54) is 11.1 Å². The van der Waals surface area contributed by atoms with Crippen molar-refractivity contribution in [1.82, 2.24) is 5.32 Å². The van der Waals surface area contributed by atoms with Crippen molar-refractivity contribution in [3.8, 4) is 0 Å². The number of carboxylic acid groups (broad SMARTS) is 1. The molecule has 3 atom stereocenters. The molecular weight excluding hydrogens is 254 g/mol. The number of carboxylic acids is 1. The van der Waals surface area contributed by atoms with Gasteiger partial charge in [-0.2, -0.15) is 0 Å². The molecule has 0 aromatic heterocycles. The average molecular weight is 273 g/mol. The molecule has 2 N–H and O–H groups in total. The van der Waals surface area contributed by atoms with Gasteiger partial charge in [0.1, 0.15) is 0 Å². The second kappa shape index (κ2) is 4.33. The number of hydrogen-bond acceptors (Lipinski definition) is 2. The van der Waals surface area contributed by atoms with Crippen LogP contribution in [0, 0.1) is 17.3 Å². The molecule has 1 amide bonds. The van der Waals surface area contributed by atoms with Gasteiger partial charge in [0.05, 0.1) is 17.9 Å². The normalized spacial score (nSPS) is 29.6. The summed E-state index contributed by atoms with van der Waals surface area (Å²) >= 11 is 0. The molecule has 0 saturated heterocycles. The van der Waals surface area contributed by atoms with Gasteiger partial charge in [-0.25, -0.2) is 0 Å². The minimum atomic E-state index is -0.873. The van der Waals surface area contributed by atoms with E-state index in [1.807, 2.05) is 32.0 Å². The van der Waals surface area contributed by atoms with Crippen molar-refractivity contribution in [2.24, 2.45) is 17.3 Å². The van der Waals surface area contributed by atoms with Crippen LogP contribution in [0.4, 0.5) is 0 Å². The Labute approximate surface area is 118 Å². The Morgan fingerprint density at radius 2 is 1.95 bits per heavy atom. The third kappa shape index (κ3) is 1.90. The Hall–Kier alpha value is -1.84. The molecule has 2 aliphatic rings. The predicted octanol–water partition coefficient (Wildman–Crippen LogP) is 2.15. The molecule has 106 valence electrons. The van der Waals surface area contributed by atoms with E-state index in [9.17, 15) is 9.59 Å². The lowest BCUT2D eigenvalue weighted by molar-refractivity contribution is -0.140. The highest BCUT2D eigenvalue weighted by molar-refractivity contribution is 5.91. The highest BCUT2D eigenvalue weighted by Crippen LogP contribution is 2.58. The van der Waals surface area contributed by atoms with E-state index in [0.717, 1.165) is 12.8 Å².